The fourth-order valence-corrected chi connectivity index (χ4v) is 5.76. The number of ether oxygens (including phenoxy) is 1. The van der Waals surface area contributed by atoms with Crippen molar-refractivity contribution in [2.24, 2.45) is 0 Å². The van der Waals surface area contributed by atoms with Crippen LogP contribution < -0.4 is 4.74 Å². The monoisotopic (exact) mass is 399 g/mol. The maximum absolute atomic E-state index is 14.0. The fourth-order valence-electron chi connectivity index (χ4n) is 2.91. The molecule has 140 valence electrons. The van der Waals surface area contributed by atoms with Crippen molar-refractivity contribution in [2.45, 2.75) is 16.6 Å². The Morgan fingerprint density at radius 2 is 1.96 bits per heavy atom. The van der Waals surface area contributed by atoms with E-state index in [-0.39, 0.29) is 22.3 Å². The lowest BCUT2D eigenvalue weighted by Crippen LogP contribution is -2.33. The van der Waals surface area contributed by atoms with Gasteiger partial charge in [-0.05, 0) is 36.8 Å². The van der Waals surface area contributed by atoms with Crippen molar-refractivity contribution in [2.75, 3.05) is 26.0 Å². The van der Waals surface area contributed by atoms with Gasteiger partial charge in [0, 0.05) is 35.7 Å². The van der Waals surface area contributed by atoms with Crippen molar-refractivity contribution in [3.8, 4) is 5.75 Å². The number of hydrogen-bond acceptors (Lipinski definition) is 4. The maximum Gasteiger partial charge on any atom is 0.243 e. The summed E-state index contributed by atoms with van der Waals surface area (Å²) >= 11 is 1.45. The lowest BCUT2D eigenvalue weighted by atomic mass is 10.1. The molecule has 2 aromatic carbocycles. The lowest BCUT2D eigenvalue weighted by molar-refractivity contribution is 0.410. The smallest absolute Gasteiger partial charge is 0.243 e. The molecule has 1 unspecified atom stereocenters. The van der Waals surface area contributed by atoms with Crippen molar-refractivity contribution < 1.29 is 21.9 Å². The number of sulfonamides is 1. The second-order valence-corrected chi connectivity index (χ2v) is 9.15. The van der Waals surface area contributed by atoms with Gasteiger partial charge in [0.1, 0.15) is 17.4 Å². The molecule has 1 heterocycles. The lowest BCUT2D eigenvalue weighted by Gasteiger charge is -2.20. The van der Waals surface area contributed by atoms with Crippen LogP contribution in [0.5, 0.6) is 5.75 Å². The van der Waals surface area contributed by atoms with Crippen LogP contribution in [0.4, 0.5) is 8.78 Å². The van der Waals surface area contributed by atoms with E-state index in [9.17, 15) is 17.2 Å². The second-order valence-electron chi connectivity index (χ2n) is 5.90. The number of hydrogen-bond donors (Lipinski definition) is 0. The minimum absolute atomic E-state index is 0.164. The summed E-state index contributed by atoms with van der Waals surface area (Å²) in [5.41, 5.74) is 0.288. The molecule has 0 spiro atoms. The summed E-state index contributed by atoms with van der Waals surface area (Å²) in [6.45, 7) is 0.560. The van der Waals surface area contributed by atoms with Gasteiger partial charge < -0.3 is 4.74 Å². The van der Waals surface area contributed by atoms with Gasteiger partial charge >= 0.3 is 0 Å². The van der Waals surface area contributed by atoms with Crippen LogP contribution in [-0.4, -0.2) is 38.7 Å². The quantitative estimate of drug-likeness (QED) is 0.784. The summed E-state index contributed by atoms with van der Waals surface area (Å²) in [6, 6.07) is 9.71. The summed E-state index contributed by atoms with van der Waals surface area (Å²) in [7, 11) is -2.19. The highest BCUT2D eigenvalue weighted by atomic mass is 32.2. The first kappa shape index (κ1) is 19.1. The van der Waals surface area contributed by atoms with Crippen LogP contribution in [0.3, 0.4) is 0 Å². The van der Waals surface area contributed by atoms with Gasteiger partial charge in [-0.2, -0.15) is 16.1 Å². The third kappa shape index (κ3) is 4.02. The van der Waals surface area contributed by atoms with E-state index in [4.69, 9.17) is 4.74 Å². The Morgan fingerprint density at radius 1 is 1.15 bits per heavy atom. The normalized spacial score (nSPS) is 19.1. The fraction of sp³-hybridized carbons (Fsp3) is 0.333. The highest BCUT2D eigenvalue weighted by Gasteiger charge is 2.29. The van der Waals surface area contributed by atoms with E-state index in [1.165, 1.54) is 41.4 Å². The van der Waals surface area contributed by atoms with Gasteiger partial charge in [-0.15, -0.1) is 0 Å². The molecule has 1 aliphatic heterocycles. The molecule has 1 aliphatic rings. The van der Waals surface area contributed by atoms with Crippen molar-refractivity contribution in [1.29, 1.82) is 0 Å². The van der Waals surface area contributed by atoms with Gasteiger partial charge in [0.25, 0.3) is 0 Å². The second kappa shape index (κ2) is 7.94. The van der Waals surface area contributed by atoms with Crippen LogP contribution in [0.1, 0.15) is 17.2 Å². The zero-order valence-electron chi connectivity index (χ0n) is 14.2. The highest BCUT2D eigenvalue weighted by molar-refractivity contribution is 7.99. The van der Waals surface area contributed by atoms with E-state index in [1.54, 1.807) is 12.1 Å². The van der Waals surface area contributed by atoms with E-state index in [1.807, 2.05) is 0 Å². The topological polar surface area (TPSA) is 46.6 Å². The predicted molar refractivity (Wildman–Crippen MR) is 97.9 cm³/mol. The Morgan fingerprint density at radius 3 is 2.73 bits per heavy atom. The third-order valence-corrected chi connectivity index (χ3v) is 7.49. The zero-order chi connectivity index (χ0) is 18.7. The Labute approximate surface area is 156 Å². The average molecular weight is 399 g/mol. The van der Waals surface area contributed by atoms with Crippen LogP contribution >= 0.6 is 11.8 Å². The summed E-state index contributed by atoms with van der Waals surface area (Å²) in [5, 5.41) is -0.281. The molecule has 8 heteroatoms. The standard InChI is InChI=1S/C18H19F2NO3S2/c1-24-14-3-2-4-15(12-14)26(22,23)21-8-7-18(25-10-9-21)16-11-13(19)5-6-17(16)20/h2-6,11-12,18H,7-10H2,1H3. The largest absolute Gasteiger partial charge is 0.497 e. The summed E-state index contributed by atoms with van der Waals surface area (Å²) in [5.74, 6) is 0.0131. The summed E-state index contributed by atoms with van der Waals surface area (Å²) < 4.78 is 59.8. The molecule has 0 N–H and O–H groups in total. The van der Waals surface area contributed by atoms with E-state index in [0.29, 0.717) is 24.5 Å². The van der Waals surface area contributed by atoms with Crippen molar-refractivity contribution in [3.05, 3.63) is 59.7 Å². The molecule has 26 heavy (non-hydrogen) atoms. The van der Waals surface area contributed by atoms with Crippen LogP contribution in [0.15, 0.2) is 47.4 Å². The predicted octanol–water partition coefficient (Wildman–Crippen LogP) is 3.84. The highest BCUT2D eigenvalue weighted by Crippen LogP contribution is 2.37. The molecule has 2 aromatic rings. The van der Waals surface area contributed by atoms with Crippen LogP contribution in [0, 0.1) is 11.6 Å². The third-order valence-electron chi connectivity index (χ3n) is 4.28. The Kier molecular flexibility index (Phi) is 5.84. The van der Waals surface area contributed by atoms with E-state index in [2.05, 4.69) is 0 Å². The van der Waals surface area contributed by atoms with E-state index < -0.39 is 21.7 Å². The molecule has 1 fully saturated rings. The van der Waals surface area contributed by atoms with Gasteiger partial charge in [0.15, 0.2) is 0 Å². The molecule has 0 amide bonds. The molecule has 3 rings (SSSR count). The van der Waals surface area contributed by atoms with Crippen molar-refractivity contribution in [3.63, 3.8) is 0 Å². The van der Waals surface area contributed by atoms with Gasteiger partial charge in [0.05, 0.1) is 12.0 Å². The first-order valence-electron chi connectivity index (χ1n) is 8.12. The molecular formula is C18H19F2NO3S2. The van der Waals surface area contributed by atoms with E-state index >= 15 is 0 Å². The molecule has 0 aliphatic carbocycles. The number of nitrogens with zero attached hydrogens (tertiary/aromatic N) is 1. The molecule has 0 saturated carbocycles. The molecule has 0 radical (unpaired) electrons. The maximum atomic E-state index is 14.0. The first-order valence-corrected chi connectivity index (χ1v) is 10.6. The Hall–Kier alpha value is -1.64. The van der Waals surface area contributed by atoms with Crippen LogP contribution in [0.2, 0.25) is 0 Å². The molecule has 1 saturated heterocycles. The average Bonchev–Trinajstić information content (AvgIpc) is 2.90. The molecule has 1 atom stereocenters. The molecule has 0 bridgehead atoms. The zero-order valence-corrected chi connectivity index (χ0v) is 15.8. The number of methoxy groups -OCH3 is 1. The van der Waals surface area contributed by atoms with Gasteiger partial charge in [-0.3, -0.25) is 0 Å². The Bertz CT molecular complexity index is 890. The van der Waals surface area contributed by atoms with E-state index in [0.717, 1.165) is 12.1 Å². The SMILES string of the molecule is COc1cccc(S(=O)(=O)N2CCSC(c3cc(F)ccc3F)CC2)c1. The van der Waals surface area contributed by atoms with Crippen molar-refractivity contribution >= 4 is 21.8 Å². The summed E-state index contributed by atoms with van der Waals surface area (Å²) in [4.78, 5) is 0.164. The van der Waals surface area contributed by atoms with Crippen LogP contribution in [0.25, 0.3) is 0 Å². The summed E-state index contributed by atoms with van der Waals surface area (Å²) in [6.07, 6.45) is 0.411. The Balaban J connectivity index is 1.80. The number of rotatable bonds is 4. The number of benzene rings is 2. The molecule has 0 aromatic heterocycles. The molecular weight excluding hydrogens is 380 g/mol. The minimum Gasteiger partial charge on any atom is -0.497 e. The number of thioether (sulfide) groups is 1. The van der Waals surface area contributed by atoms with Crippen molar-refractivity contribution in [1.82, 2.24) is 4.31 Å². The van der Waals surface area contributed by atoms with Gasteiger partial charge in [0.2, 0.25) is 10.0 Å². The first-order chi connectivity index (χ1) is 12.4. The van der Waals surface area contributed by atoms with Crippen LogP contribution in [-0.2, 0) is 10.0 Å². The molecule has 4 nitrogen and oxygen atoms in total. The van der Waals surface area contributed by atoms with Gasteiger partial charge in [-0.25, -0.2) is 17.2 Å². The minimum atomic E-state index is -3.67. The number of halogens is 2. The van der Waals surface area contributed by atoms with Gasteiger partial charge in [-0.1, -0.05) is 6.07 Å².